The van der Waals surface area contributed by atoms with Gasteiger partial charge in [-0.1, -0.05) is 38.3 Å². The molecule has 2 saturated heterocycles. The number of benzene rings is 1. The first-order valence-electron chi connectivity index (χ1n) is 15.3. The topological polar surface area (TPSA) is 96.7 Å². The highest BCUT2D eigenvalue weighted by molar-refractivity contribution is 7.19. The van der Waals surface area contributed by atoms with Crippen LogP contribution in [0.2, 0.25) is 0 Å². The minimum atomic E-state index is 0.0144. The Morgan fingerprint density at radius 2 is 1.81 bits per heavy atom. The van der Waals surface area contributed by atoms with Gasteiger partial charge in [-0.3, -0.25) is 14.2 Å². The third-order valence-corrected chi connectivity index (χ3v) is 9.89. The van der Waals surface area contributed by atoms with Gasteiger partial charge in [0.15, 0.2) is 5.82 Å². The van der Waals surface area contributed by atoms with Gasteiger partial charge in [0.05, 0.1) is 47.6 Å². The van der Waals surface area contributed by atoms with E-state index in [0.717, 1.165) is 83.0 Å². The number of morpholine rings is 1. The number of ether oxygens (including phenoxy) is 1. The molecule has 3 aliphatic rings. The van der Waals surface area contributed by atoms with E-state index in [2.05, 4.69) is 28.5 Å². The number of amides is 2. The lowest BCUT2D eigenvalue weighted by Gasteiger charge is -2.36. The molecular weight excluding hydrogens is 550 g/mol. The molecule has 1 saturated carbocycles. The van der Waals surface area contributed by atoms with Gasteiger partial charge in [-0.2, -0.15) is 4.98 Å². The molecule has 7 rings (SSSR count). The third kappa shape index (κ3) is 5.13. The Bertz CT molecular complexity index is 1620. The van der Waals surface area contributed by atoms with Crippen LogP contribution in [0.1, 0.15) is 49.7 Å². The molecule has 2 amide bonds. The zero-order valence-corrected chi connectivity index (χ0v) is 24.9. The number of nitrogens with zero attached hydrogens (tertiary/aromatic N) is 7. The zero-order valence-electron chi connectivity index (χ0n) is 24.1. The van der Waals surface area contributed by atoms with Gasteiger partial charge in [0, 0.05) is 43.4 Å². The molecule has 1 aromatic carbocycles. The summed E-state index contributed by atoms with van der Waals surface area (Å²) in [4.78, 5) is 48.3. The van der Waals surface area contributed by atoms with Gasteiger partial charge in [-0.25, -0.2) is 9.97 Å². The van der Waals surface area contributed by atoms with E-state index in [0.29, 0.717) is 38.8 Å². The lowest BCUT2D eigenvalue weighted by Crippen LogP contribution is -2.53. The van der Waals surface area contributed by atoms with E-state index in [1.165, 1.54) is 6.42 Å². The van der Waals surface area contributed by atoms with E-state index < -0.39 is 0 Å². The lowest BCUT2D eigenvalue weighted by molar-refractivity contribution is -0.148. The van der Waals surface area contributed by atoms with E-state index in [1.54, 1.807) is 16.2 Å². The van der Waals surface area contributed by atoms with Crippen molar-refractivity contribution in [3.05, 3.63) is 41.0 Å². The summed E-state index contributed by atoms with van der Waals surface area (Å²) in [5, 5.41) is 0. The average Bonchev–Trinajstić information content (AvgIpc) is 3.62. The smallest absolute Gasteiger partial charge is 0.242 e. The first-order chi connectivity index (χ1) is 20.6. The summed E-state index contributed by atoms with van der Waals surface area (Å²) in [6.07, 6.45) is 6.11. The van der Waals surface area contributed by atoms with Crippen molar-refractivity contribution in [3.63, 3.8) is 0 Å². The Hall–Kier alpha value is -3.57. The van der Waals surface area contributed by atoms with Crippen molar-refractivity contribution in [2.24, 2.45) is 5.92 Å². The Morgan fingerprint density at radius 3 is 2.60 bits per heavy atom. The summed E-state index contributed by atoms with van der Waals surface area (Å²) in [5.41, 5.74) is 2.79. The molecule has 3 fully saturated rings. The normalized spacial score (nSPS) is 18.9. The van der Waals surface area contributed by atoms with E-state index in [9.17, 15) is 9.59 Å². The highest BCUT2D eigenvalue weighted by Crippen LogP contribution is 2.35. The molecule has 0 bridgehead atoms. The number of aromatic nitrogens is 4. The molecule has 0 spiro atoms. The number of para-hydroxylation sites is 2. The maximum atomic E-state index is 13.2. The zero-order chi connectivity index (χ0) is 28.6. The minimum Gasteiger partial charge on any atom is -0.378 e. The molecule has 0 radical (unpaired) electrons. The van der Waals surface area contributed by atoms with Crippen LogP contribution in [0.5, 0.6) is 0 Å². The van der Waals surface area contributed by atoms with Gasteiger partial charge in [-0.15, -0.1) is 11.3 Å². The first kappa shape index (κ1) is 27.3. The summed E-state index contributed by atoms with van der Waals surface area (Å²) in [6, 6.07) is 10.2. The predicted molar refractivity (Wildman–Crippen MR) is 163 cm³/mol. The fraction of sp³-hybridized carbons (Fsp3) is 0.516. The molecule has 0 atom stereocenters. The number of carbonyl (C=O) groups excluding carboxylic acids is 2. The summed E-state index contributed by atoms with van der Waals surface area (Å²) in [6.45, 7) is 6.79. The second-order valence-corrected chi connectivity index (χ2v) is 12.6. The van der Waals surface area contributed by atoms with E-state index in [4.69, 9.17) is 19.7 Å². The molecule has 0 N–H and O–H groups in total. The van der Waals surface area contributed by atoms with Gasteiger partial charge in [0.1, 0.15) is 5.82 Å². The number of thiophene rings is 1. The van der Waals surface area contributed by atoms with Crippen molar-refractivity contribution in [3.8, 4) is 5.95 Å². The Labute approximate surface area is 249 Å². The molecule has 0 unspecified atom stereocenters. The van der Waals surface area contributed by atoms with Crippen molar-refractivity contribution in [1.82, 2.24) is 29.3 Å². The van der Waals surface area contributed by atoms with Crippen molar-refractivity contribution < 1.29 is 14.3 Å². The Kier molecular flexibility index (Phi) is 7.54. The standard InChI is InChI=1S/C31H37N7O3S/c1-2-26-32-23-10-6-7-11-25(23)38(26)31-33-24-18-22(42-28(24)29(34-31)35-14-16-41-17-15-35)19-36-12-13-37(20-27(36)39)30(40)21-8-4-3-5-9-21/h6-7,10-11,18,21H,2-5,8-9,12-17,19-20H2,1H3. The van der Waals surface area contributed by atoms with Crippen molar-refractivity contribution in [1.29, 1.82) is 0 Å². The van der Waals surface area contributed by atoms with Crippen LogP contribution in [0.4, 0.5) is 5.82 Å². The number of rotatable bonds is 6. The molecule has 1 aliphatic carbocycles. The van der Waals surface area contributed by atoms with E-state index in [-0.39, 0.29) is 24.3 Å². The maximum Gasteiger partial charge on any atom is 0.242 e. The molecule has 3 aromatic heterocycles. The minimum absolute atomic E-state index is 0.0144. The van der Waals surface area contributed by atoms with Gasteiger partial charge < -0.3 is 19.4 Å². The number of carbonyl (C=O) groups is 2. The SMILES string of the molecule is CCc1nc2ccccc2n1-c1nc(N2CCOCC2)c2sc(CN3CCN(C(=O)C4CCCCC4)CC3=O)cc2n1. The molecule has 11 heteroatoms. The van der Waals surface area contributed by atoms with Gasteiger partial charge in [0.2, 0.25) is 17.8 Å². The van der Waals surface area contributed by atoms with Crippen LogP contribution in [0, 0.1) is 5.92 Å². The molecule has 42 heavy (non-hydrogen) atoms. The van der Waals surface area contributed by atoms with Crippen LogP contribution in [-0.2, 0) is 27.3 Å². The van der Waals surface area contributed by atoms with Crippen molar-refractivity contribution in [2.45, 2.75) is 52.0 Å². The fourth-order valence-corrected chi connectivity index (χ4v) is 7.64. The van der Waals surface area contributed by atoms with Crippen LogP contribution in [0.15, 0.2) is 30.3 Å². The highest BCUT2D eigenvalue weighted by Gasteiger charge is 2.32. The molecule has 2 aliphatic heterocycles. The molecule has 4 aromatic rings. The second-order valence-electron chi connectivity index (χ2n) is 11.5. The lowest BCUT2D eigenvalue weighted by atomic mass is 9.88. The molecule has 5 heterocycles. The van der Waals surface area contributed by atoms with Gasteiger partial charge in [-0.05, 0) is 31.0 Å². The Morgan fingerprint density at radius 1 is 1.00 bits per heavy atom. The van der Waals surface area contributed by atoms with Gasteiger partial charge >= 0.3 is 0 Å². The van der Waals surface area contributed by atoms with E-state index in [1.807, 2.05) is 23.1 Å². The summed E-state index contributed by atoms with van der Waals surface area (Å²) < 4.78 is 8.74. The third-order valence-electron chi connectivity index (χ3n) is 8.78. The number of imidazole rings is 1. The predicted octanol–water partition coefficient (Wildman–Crippen LogP) is 4.18. The van der Waals surface area contributed by atoms with E-state index >= 15 is 0 Å². The van der Waals surface area contributed by atoms with Crippen LogP contribution in [0.25, 0.3) is 27.2 Å². The molecular formula is C31H37N7O3S. The summed E-state index contributed by atoms with van der Waals surface area (Å²) >= 11 is 1.66. The average molecular weight is 588 g/mol. The molecule has 220 valence electrons. The largest absolute Gasteiger partial charge is 0.378 e. The Balaban J connectivity index is 1.18. The van der Waals surface area contributed by atoms with Crippen LogP contribution in [-0.4, -0.2) is 87.1 Å². The number of hydrogen-bond donors (Lipinski definition) is 0. The quantitative estimate of drug-likeness (QED) is 0.334. The van der Waals surface area contributed by atoms with Crippen molar-refractivity contribution >= 4 is 50.2 Å². The fourth-order valence-electron chi connectivity index (χ4n) is 6.52. The number of aryl methyl sites for hydroxylation is 1. The number of hydrogen-bond acceptors (Lipinski definition) is 8. The molecule has 10 nitrogen and oxygen atoms in total. The number of piperazine rings is 1. The maximum absolute atomic E-state index is 13.2. The first-order valence-corrected chi connectivity index (χ1v) is 16.1. The number of anilines is 1. The summed E-state index contributed by atoms with van der Waals surface area (Å²) in [7, 11) is 0. The van der Waals surface area contributed by atoms with Crippen molar-refractivity contribution in [2.75, 3.05) is 50.8 Å². The second kappa shape index (κ2) is 11.6. The van der Waals surface area contributed by atoms with Crippen LogP contribution in [0.3, 0.4) is 0 Å². The monoisotopic (exact) mass is 587 g/mol. The van der Waals surface area contributed by atoms with Gasteiger partial charge in [0.25, 0.3) is 0 Å². The number of fused-ring (bicyclic) bond motifs is 2. The summed E-state index contributed by atoms with van der Waals surface area (Å²) in [5.74, 6) is 2.72. The highest BCUT2D eigenvalue weighted by atomic mass is 32.1. The van der Waals surface area contributed by atoms with Crippen LogP contribution < -0.4 is 4.90 Å². The van der Waals surface area contributed by atoms with Crippen LogP contribution >= 0.6 is 11.3 Å².